The minimum absolute atomic E-state index is 0.0140. The van der Waals surface area contributed by atoms with E-state index in [1.165, 1.54) is 21.1 Å². The number of amides is 4. The van der Waals surface area contributed by atoms with Crippen molar-refractivity contribution < 1.29 is 33.4 Å². The van der Waals surface area contributed by atoms with E-state index in [9.17, 15) is 19.2 Å². The first kappa shape index (κ1) is 23.4. The molecule has 3 rings (SSSR count). The number of hydrogen-bond acceptors (Lipinski definition) is 7. The number of anilines is 1. The summed E-state index contributed by atoms with van der Waals surface area (Å²) in [4.78, 5) is 51.0. The summed E-state index contributed by atoms with van der Waals surface area (Å²) in [5.74, 6) is -0.902. The van der Waals surface area contributed by atoms with Crippen molar-refractivity contribution in [2.45, 2.75) is 51.2 Å². The van der Waals surface area contributed by atoms with Gasteiger partial charge in [-0.15, -0.1) is 0 Å². The molecule has 2 fully saturated rings. The van der Waals surface area contributed by atoms with Gasteiger partial charge >= 0.3 is 12.0 Å². The van der Waals surface area contributed by atoms with Crippen LogP contribution >= 0.6 is 0 Å². The number of nitrogens with zero attached hydrogens (tertiary/aromatic N) is 1. The van der Waals surface area contributed by atoms with Crippen molar-refractivity contribution in [1.29, 1.82) is 0 Å². The van der Waals surface area contributed by atoms with Crippen LogP contribution in [0.5, 0.6) is 11.5 Å². The molecule has 10 nitrogen and oxygen atoms in total. The van der Waals surface area contributed by atoms with Crippen molar-refractivity contribution in [3.63, 3.8) is 0 Å². The van der Waals surface area contributed by atoms with Crippen LogP contribution in [0.25, 0.3) is 0 Å². The predicted molar refractivity (Wildman–Crippen MR) is 114 cm³/mol. The fourth-order valence-corrected chi connectivity index (χ4v) is 4.21. The van der Waals surface area contributed by atoms with Crippen LogP contribution in [0.2, 0.25) is 0 Å². The molecular formula is C22H29N3O7. The number of carbonyl (C=O) groups is 4. The van der Waals surface area contributed by atoms with Gasteiger partial charge in [-0.2, -0.15) is 0 Å². The van der Waals surface area contributed by atoms with Crippen LogP contribution < -0.4 is 20.1 Å². The van der Waals surface area contributed by atoms with E-state index in [1.54, 1.807) is 18.2 Å². The van der Waals surface area contributed by atoms with Gasteiger partial charge in [0.2, 0.25) is 0 Å². The Morgan fingerprint density at radius 3 is 2.59 bits per heavy atom. The Kier molecular flexibility index (Phi) is 6.90. The van der Waals surface area contributed by atoms with Gasteiger partial charge in [0.25, 0.3) is 11.8 Å². The van der Waals surface area contributed by atoms with Crippen molar-refractivity contribution in [2.24, 2.45) is 5.92 Å². The Bertz CT molecular complexity index is 919. The molecule has 3 atom stereocenters. The summed E-state index contributed by atoms with van der Waals surface area (Å²) in [5.41, 5.74) is -0.524. The predicted octanol–water partition coefficient (Wildman–Crippen LogP) is 2.07. The van der Waals surface area contributed by atoms with Crippen molar-refractivity contribution >= 4 is 29.5 Å². The normalized spacial score (nSPS) is 23.5. The number of imide groups is 1. The molecule has 0 bridgehead atoms. The van der Waals surface area contributed by atoms with Gasteiger partial charge in [0, 0.05) is 11.8 Å². The molecule has 10 heteroatoms. The molecule has 1 aromatic rings. The molecule has 3 unspecified atom stereocenters. The van der Waals surface area contributed by atoms with Gasteiger partial charge in [-0.3, -0.25) is 19.3 Å². The van der Waals surface area contributed by atoms with Gasteiger partial charge in [-0.25, -0.2) is 4.79 Å². The van der Waals surface area contributed by atoms with E-state index in [0.29, 0.717) is 23.6 Å². The van der Waals surface area contributed by atoms with Crippen molar-refractivity contribution in [3.05, 3.63) is 18.2 Å². The number of esters is 1. The monoisotopic (exact) mass is 447 g/mol. The molecule has 1 aliphatic heterocycles. The number of ether oxygens (including phenoxy) is 3. The molecular weight excluding hydrogens is 418 g/mol. The number of urea groups is 1. The molecule has 4 amide bonds. The minimum atomic E-state index is -1.14. The third kappa shape index (κ3) is 4.49. The molecule has 174 valence electrons. The zero-order valence-corrected chi connectivity index (χ0v) is 18.7. The maximum atomic E-state index is 12.9. The lowest BCUT2D eigenvalue weighted by Gasteiger charge is -2.36. The molecule has 1 heterocycles. The molecule has 2 aliphatic rings. The van der Waals surface area contributed by atoms with Gasteiger partial charge in [0.1, 0.15) is 12.1 Å². The number of benzene rings is 1. The lowest BCUT2D eigenvalue weighted by atomic mass is 9.73. The van der Waals surface area contributed by atoms with E-state index < -0.39 is 42.0 Å². The first-order chi connectivity index (χ1) is 15.2. The Morgan fingerprint density at radius 1 is 1.22 bits per heavy atom. The molecule has 1 saturated carbocycles. The van der Waals surface area contributed by atoms with E-state index in [-0.39, 0.29) is 5.92 Å². The standard InChI is InChI=1S/C22H29N3O7/c1-13-7-5-6-10-22(13)20(28)25(21(29)24-22)12-18(26)32-14(2)19(27)23-15-8-9-16(30-3)17(11-15)31-4/h8-9,11,13-14H,5-7,10,12H2,1-4H3,(H,23,27)(H,24,29). The Labute approximate surface area is 186 Å². The summed E-state index contributed by atoms with van der Waals surface area (Å²) in [6.45, 7) is 2.79. The summed E-state index contributed by atoms with van der Waals surface area (Å²) in [6, 6.07) is 4.21. The second-order valence-corrected chi connectivity index (χ2v) is 8.13. The number of nitrogens with one attached hydrogen (secondary N) is 2. The van der Waals surface area contributed by atoms with Gasteiger partial charge in [0.05, 0.1) is 14.2 Å². The Balaban J connectivity index is 1.58. The van der Waals surface area contributed by atoms with Gasteiger partial charge in [-0.1, -0.05) is 19.8 Å². The second-order valence-electron chi connectivity index (χ2n) is 8.13. The van der Waals surface area contributed by atoms with Crippen molar-refractivity contribution in [1.82, 2.24) is 10.2 Å². The van der Waals surface area contributed by atoms with E-state index >= 15 is 0 Å². The topological polar surface area (TPSA) is 123 Å². The van der Waals surface area contributed by atoms with E-state index in [0.717, 1.165) is 24.2 Å². The average Bonchev–Trinajstić information content (AvgIpc) is 3.00. The van der Waals surface area contributed by atoms with Crippen LogP contribution in [-0.4, -0.2) is 61.1 Å². The molecule has 1 aliphatic carbocycles. The van der Waals surface area contributed by atoms with Crippen molar-refractivity contribution in [3.8, 4) is 11.5 Å². The fraction of sp³-hybridized carbons (Fsp3) is 0.545. The first-order valence-electron chi connectivity index (χ1n) is 10.6. The third-order valence-electron chi connectivity index (χ3n) is 6.12. The summed E-state index contributed by atoms with van der Waals surface area (Å²) in [7, 11) is 2.97. The Hall–Kier alpha value is -3.30. The van der Waals surface area contributed by atoms with Crippen LogP contribution in [0.1, 0.15) is 39.5 Å². The average molecular weight is 447 g/mol. The number of carbonyl (C=O) groups excluding carboxylic acids is 4. The summed E-state index contributed by atoms with van der Waals surface area (Å²) >= 11 is 0. The van der Waals surface area contributed by atoms with Crippen LogP contribution in [-0.2, 0) is 19.1 Å². The molecule has 0 aromatic heterocycles. The summed E-state index contributed by atoms with van der Waals surface area (Å²) in [6.07, 6.45) is 2.08. The minimum Gasteiger partial charge on any atom is -0.493 e. The lowest BCUT2D eigenvalue weighted by Crippen LogP contribution is -2.54. The quantitative estimate of drug-likeness (QED) is 0.484. The van der Waals surface area contributed by atoms with Gasteiger partial charge in [-0.05, 0) is 37.8 Å². The zero-order chi connectivity index (χ0) is 23.5. The number of methoxy groups -OCH3 is 2. The highest BCUT2D eigenvalue weighted by Gasteiger charge is 2.55. The summed E-state index contributed by atoms with van der Waals surface area (Å²) in [5, 5.41) is 5.41. The third-order valence-corrected chi connectivity index (χ3v) is 6.12. The highest BCUT2D eigenvalue weighted by atomic mass is 16.5. The lowest BCUT2D eigenvalue weighted by molar-refractivity contribution is -0.155. The first-order valence-corrected chi connectivity index (χ1v) is 10.6. The van der Waals surface area contributed by atoms with Crippen LogP contribution in [0.3, 0.4) is 0 Å². The molecule has 32 heavy (non-hydrogen) atoms. The number of hydrogen-bond donors (Lipinski definition) is 2. The van der Waals surface area contributed by atoms with Crippen molar-refractivity contribution in [2.75, 3.05) is 26.1 Å². The summed E-state index contributed by atoms with van der Waals surface area (Å²) < 4.78 is 15.5. The molecule has 1 aromatic carbocycles. The molecule has 2 N–H and O–H groups in total. The Morgan fingerprint density at radius 2 is 1.94 bits per heavy atom. The van der Waals surface area contributed by atoms with Gasteiger partial charge < -0.3 is 24.8 Å². The van der Waals surface area contributed by atoms with Crippen LogP contribution in [0.4, 0.5) is 10.5 Å². The molecule has 1 spiro atoms. The van der Waals surface area contributed by atoms with E-state index in [2.05, 4.69) is 10.6 Å². The smallest absolute Gasteiger partial charge is 0.327 e. The maximum Gasteiger partial charge on any atom is 0.327 e. The van der Waals surface area contributed by atoms with Gasteiger partial charge in [0.15, 0.2) is 17.6 Å². The molecule has 1 saturated heterocycles. The fourth-order valence-electron chi connectivity index (χ4n) is 4.21. The molecule has 0 radical (unpaired) electrons. The highest BCUT2D eigenvalue weighted by molar-refractivity contribution is 6.09. The largest absolute Gasteiger partial charge is 0.493 e. The van der Waals surface area contributed by atoms with E-state index in [1.807, 2.05) is 6.92 Å². The van der Waals surface area contributed by atoms with Crippen LogP contribution in [0.15, 0.2) is 18.2 Å². The second kappa shape index (κ2) is 9.46. The zero-order valence-electron chi connectivity index (χ0n) is 18.7. The SMILES string of the molecule is COc1ccc(NC(=O)C(C)OC(=O)CN2C(=O)NC3(CCCCC3C)C2=O)cc1OC. The maximum absolute atomic E-state index is 12.9. The highest BCUT2D eigenvalue weighted by Crippen LogP contribution is 2.38. The number of rotatable bonds is 7. The van der Waals surface area contributed by atoms with E-state index in [4.69, 9.17) is 14.2 Å². The van der Waals surface area contributed by atoms with Crippen LogP contribution in [0, 0.1) is 5.92 Å².